The van der Waals surface area contributed by atoms with Gasteiger partial charge in [0.25, 0.3) is 0 Å². The number of para-hydroxylation sites is 1. The maximum atomic E-state index is 13.3. The van der Waals surface area contributed by atoms with Crippen molar-refractivity contribution < 1.29 is 14.3 Å². The Balaban J connectivity index is 1.68. The lowest BCUT2D eigenvalue weighted by Gasteiger charge is -2.37. The Kier molecular flexibility index (Phi) is 5.36. The summed E-state index contributed by atoms with van der Waals surface area (Å²) < 4.78 is 13.0. The highest BCUT2D eigenvalue weighted by atomic mass is 35.5. The molecule has 0 aliphatic carbocycles. The van der Waals surface area contributed by atoms with Gasteiger partial charge >= 0.3 is 6.03 Å². The van der Waals surface area contributed by atoms with Crippen LogP contribution in [0.1, 0.15) is 17.3 Å². The largest absolute Gasteiger partial charge is 0.493 e. The Bertz CT molecular complexity index is 1020. The number of ether oxygens (including phenoxy) is 2. The summed E-state index contributed by atoms with van der Waals surface area (Å²) in [7, 11) is 3.12. The average Bonchev–Trinajstić information content (AvgIpc) is 3.22. The fourth-order valence-corrected chi connectivity index (χ4v) is 3.90. The molecule has 0 fully saturated rings. The van der Waals surface area contributed by atoms with E-state index in [0.717, 1.165) is 17.8 Å². The van der Waals surface area contributed by atoms with Crippen molar-refractivity contribution in [3.8, 4) is 11.5 Å². The summed E-state index contributed by atoms with van der Waals surface area (Å²) in [5.74, 6) is 1.05. The fourth-order valence-electron chi connectivity index (χ4n) is 3.77. The molecule has 7 heteroatoms. The molecule has 0 saturated carbocycles. The molecule has 6 nitrogen and oxygen atoms in total. The number of halogens is 1. The van der Waals surface area contributed by atoms with Gasteiger partial charge in [0, 0.05) is 30.0 Å². The first-order chi connectivity index (χ1) is 14.1. The first kappa shape index (κ1) is 19.2. The molecular weight excluding hydrogens is 390 g/mol. The van der Waals surface area contributed by atoms with E-state index in [2.05, 4.69) is 9.88 Å². The molecule has 1 N–H and O–H groups in total. The van der Waals surface area contributed by atoms with Crippen molar-refractivity contribution in [3.63, 3.8) is 0 Å². The first-order valence-electron chi connectivity index (χ1n) is 9.31. The molecule has 0 radical (unpaired) electrons. The van der Waals surface area contributed by atoms with Gasteiger partial charge in [0.05, 0.1) is 25.9 Å². The van der Waals surface area contributed by atoms with Crippen LogP contribution in [-0.2, 0) is 6.54 Å². The fraction of sp³-hybridized carbons (Fsp3) is 0.227. The second kappa shape index (κ2) is 8.09. The highest BCUT2D eigenvalue weighted by molar-refractivity contribution is 6.30. The van der Waals surface area contributed by atoms with Gasteiger partial charge < -0.3 is 24.3 Å². The predicted molar refractivity (Wildman–Crippen MR) is 113 cm³/mol. The molecule has 1 aliphatic heterocycles. The number of hydrogen-bond donors (Lipinski definition) is 1. The van der Waals surface area contributed by atoms with Gasteiger partial charge in [-0.25, -0.2) is 4.79 Å². The van der Waals surface area contributed by atoms with Gasteiger partial charge in [0.1, 0.15) is 0 Å². The molecule has 0 unspecified atom stereocenters. The second-order valence-electron chi connectivity index (χ2n) is 6.75. The minimum Gasteiger partial charge on any atom is -0.493 e. The molecule has 2 amide bonds. The van der Waals surface area contributed by atoms with Gasteiger partial charge in [-0.05, 0) is 42.0 Å². The Morgan fingerprint density at radius 3 is 2.55 bits per heavy atom. The molecule has 3 aromatic rings. The molecule has 0 bridgehead atoms. The van der Waals surface area contributed by atoms with Crippen LogP contribution in [0, 0.1) is 0 Å². The van der Waals surface area contributed by atoms with Crippen molar-refractivity contribution >= 4 is 23.3 Å². The normalized spacial score (nSPS) is 15.6. The molecule has 150 valence electrons. The molecule has 2 aromatic carbocycles. The van der Waals surface area contributed by atoms with E-state index in [1.165, 1.54) is 0 Å². The van der Waals surface area contributed by atoms with Gasteiger partial charge in [0.2, 0.25) is 0 Å². The minimum absolute atomic E-state index is 0.205. The number of methoxy groups -OCH3 is 2. The van der Waals surface area contributed by atoms with Crippen LogP contribution >= 0.6 is 11.6 Å². The third-order valence-electron chi connectivity index (χ3n) is 5.13. The number of fused-ring (bicyclic) bond motifs is 1. The molecule has 29 heavy (non-hydrogen) atoms. The number of nitrogens with zero attached hydrogens (tertiary/aromatic N) is 2. The average molecular weight is 412 g/mol. The minimum atomic E-state index is -0.215. The highest BCUT2D eigenvalue weighted by Gasteiger charge is 2.32. The zero-order chi connectivity index (χ0) is 20.4. The van der Waals surface area contributed by atoms with Crippen molar-refractivity contribution in [1.29, 1.82) is 0 Å². The monoisotopic (exact) mass is 411 g/mol. The molecule has 1 atom stereocenters. The third-order valence-corrected chi connectivity index (χ3v) is 5.38. The Labute approximate surface area is 174 Å². The quantitative estimate of drug-likeness (QED) is 0.671. The summed E-state index contributed by atoms with van der Waals surface area (Å²) in [6.07, 6.45) is 2.04. The summed E-state index contributed by atoms with van der Waals surface area (Å²) in [6.45, 7) is 1.31. The molecule has 0 saturated heterocycles. The number of rotatable bonds is 4. The summed E-state index contributed by atoms with van der Waals surface area (Å²) in [5.41, 5.74) is 2.63. The predicted octanol–water partition coefficient (Wildman–Crippen LogP) is 4.80. The Morgan fingerprint density at radius 2 is 1.83 bits per heavy atom. The Hall–Kier alpha value is -3.12. The zero-order valence-electron chi connectivity index (χ0n) is 16.3. The summed E-state index contributed by atoms with van der Waals surface area (Å²) in [4.78, 5) is 15.1. The van der Waals surface area contributed by atoms with Crippen molar-refractivity contribution in [1.82, 2.24) is 9.47 Å². The number of benzene rings is 2. The van der Waals surface area contributed by atoms with Gasteiger partial charge in [-0.1, -0.05) is 29.8 Å². The van der Waals surface area contributed by atoms with Crippen LogP contribution in [0.5, 0.6) is 11.5 Å². The standard InChI is InChI=1S/C22H22ClN3O3/c1-28-19-7-3-5-17(21(19)29-2)24-22(27)26-14-13-25-12-4-6-18(25)20(26)15-8-10-16(23)11-9-15/h3-12,20H,13-14H2,1-2H3,(H,24,27)/t20-/m0/s1. The molecule has 0 spiro atoms. The summed E-state index contributed by atoms with van der Waals surface area (Å²) in [5, 5.41) is 3.65. The van der Waals surface area contributed by atoms with Crippen LogP contribution in [0.3, 0.4) is 0 Å². The lowest BCUT2D eigenvalue weighted by atomic mass is 10.0. The van der Waals surface area contributed by atoms with Crippen LogP contribution < -0.4 is 14.8 Å². The zero-order valence-corrected chi connectivity index (χ0v) is 17.0. The SMILES string of the molecule is COc1cccc(NC(=O)N2CCn3cccc3[C@@H]2c2ccc(Cl)cc2)c1OC. The summed E-state index contributed by atoms with van der Waals surface area (Å²) >= 11 is 6.07. The van der Waals surface area contributed by atoms with Crippen LogP contribution in [0.25, 0.3) is 0 Å². The third kappa shape index (κ3) is 3.63. The van der Waals surface area contributed by atoms with E-state index in [0.29, 0.717) is 28.8 Å². The van der Waals surface area contributed by atoms with E-state index in [-0.39, 0.29) is 12.1 Å². The number of anilines is 1. The van der Waals surface area contributed by atoms with Gasteiger partial charge in [-0.2, -0.15) is 0 Å². The maximum Gasteiger partial charge on any atom is 0.322 e. The van der Waals surface area contributed by atoms with Gasteiger partial charge in [-0.3, -0.25) is 0 Å². The van der Waals surface area contributed by atoms with Crippen molar-refractivity contribution in [2.24, 2.45) is 0 Å². The van der Waals surface area contributed by atoms with Gasteiger partial charge in [0.15, 0.2) is 11.5 Å². The van der Waals surface area contributed by atoms with E-state index in [1.54, 1.807) is 26.4 Å². The van der Waals surface area contributed by atoms with E-state index >= 15 is 0 Å². The number of nitrogens with one attached hydrogen (secondary N) is 1. The number of aromatic nitrogens is 1. The smallest absolute Gasteiger partial charge is 0.322 e. The number of carbonyl (C=O) groups excluding carboxylic acids is 1. The number of urea groups is 1. The van der Waals surface area contributed by atoms with Crippen LogP contribution in [0.15, 0.2) is 60.8 Å². The summed E-state index contributed by atoms with van der Waals surface area (Å²) in [6, 6.07) is 16.6. The van der Waals surface area contributed by atoms with Gasteiger partial charge in [-0.15, -0.1) is 0 Å². The lowest BCUT2D eigenvalue weighted by Crippen LogP contribution is -2.44. The van der Waals surface area contributed by atoms with E-state index in [9.17, 15) is 4.79 Å². The van der Waals surface area contributed by atoms with E-state index in [4.69, 9.17) is 21.1 Å². The van der Waals surface area contributed by atoms with Crippen molar-refractivity contribution in [2.75, 3.05) is 26.1 Å². The van der Waals surface area contributed by atoms with Crippen LogP contribution in [-0.4, -0.2) is 36.3 Å². The maximum absolute atomic E-state index is 13.3. The van der Waals surface area contributed by atoms with Crippen molar-refractivity contribution in [2.45, 2.75) is 12.6 Å². The Morgan fingerprint density at radius 1 is 1.03 bits per heavy atom. The molecule has 1 aromatic heterocycles. The second-order valence-corrected chi connectivity index (χ2v) is 7.18. The molecule has 4 rings (SSSR count). The lowest BCUT2D eigenvalue weighted by molar-refractivity contribution is 0.181. The number of amides is 2. The van der Waals surface area contributed by atoms with Crippen LogP contribution in [0.4, 0.5) is 10.5 Å². The molecule has 1 aliphatic rings. The first-order valence-corrected chi connectivity index (χ1v) is 9.69. The topological polar surface area (TPSA) is 55.7 Å². The van der Waals surface area contributed by atoms with Crippen LogP contribution in [0.2, 0.25) is 5.02 Å². The molecule has 2 heterocycles. The van der Waals surface area contributed by atoms with Crippen molar-refractivity contribution in [3.05, 3.63) is 77.1 Å². The van der Waals surface area contributed by atoms with E-state index in [1.807, 2.05) is 53.6 Å². The highest BCUT2D eigenvalue weighted by Crippen LogP contribution is 2.37. The molecular formula is C22H22ClN3O3. The number of hydrogen-bond acceptors (Lipinski definition) is 3. The van der Waals surface area contributed by atoms with E-state index < -0.39 is 0 Å². The number of carbonyl (C=O) groups is 1.